The predicted molar refractivity (Wildman–Crippen MR) is 153 cm³/mol. The number of carboxylic acid groups (broad SMARTS) is 1. The third kappa shape index (κ3) is 6.13. The highest BCUT2D eigenvalue weighted by molar-refractivity contribution is 6.39. The summed E-state index contributed by atoms with van der Waals surface area (Å²) in [5, 5.41) is 14.8. The molecule has 2 fully saturated rings. The van der Waals surface area contributed by atoms with Gasteiger partial charge in [-0.3, -0.25) is 9.59 Å². The Labute approximate surface area is 243 Å². The van der Waals surface area contributed by atoms with Crippen molar-refractivity contribution in [2.45, 2.75) is 38.3 Å². The Bertz CT molecular complexity index is 1250. The van der Waals surface area contributed by atoms with E-state index < -0.39 is 29.5 Å². The third-order valence-electron chi connectivity index (χ3n) is 7.30. The van der Waals surface area contributed by atoms with Crippen LogP contribution in [0.15, 0.2) is 48.5 Å². The minimum Gasteiger partial charge on any atom is -0.480 e. The van der Waals surface area contributed by atoms with Gasteiger partial charge in [0.25, 0.3) is 5.91 Å². The lowest BCUT2D eigenvalue weighted by Crippen LogP contribution is -2.59. The number of amides is 4. The number of aliphatic carboxylic acids is 1. The molecule has 12 heteroatoms. The van der Waals surface area contributed by atoms with Gasteiger partial charge in [0.2, 0.25) is 5.91 Å². The number of nitrogens with one attached hydrogen (secondary N) is 2. The van der Waals surface area contributed by atoms with Crippen LogP contribution < -0.4 is 15.5 Å². The van der Waals surface area contributed by atoms with Gasteiger partial charge in [-0.25, -0.2) is 9.59 Å². The van der Waals surface area contributed by atoms with E-state index in [2.05, 4.69) is 29.4 Å². The van der Waals surface area contributed by atoms with Gasteiger partial charge in [0, 0.05) is 25.3 Å². The van der Waals surface area contributed by atoms with Crippen LogP contribution in [0.3, 0.4) is 0 Å². The maximum absolute atomic E-state index is 13.7. The molecule has 2 aromatic carbocycles. The fourth-order valence-electron chi connectivity index (χ4n) is 5.31. The number of nitrogens with zero attached hydrogens (tertiary/aromatic N) is 3. The molecule has 4 amide bonds. The van der Waals surface area contributed by atoms with Crippen molar-refractivity contribution in [2.75, 3.05) is 37.7 Å². The standard InChI is InChI=1S/C28H33Cl2N5O5/c1-18(2)16-34-17-35(19-7-4-3-5-8-19)28(26(34)39)11-13-33(14-12-28)27(40)31-15-22(25(37)38)32-24(36)23-20(29)9-6-10-21(23)30/h3-10,18,22H,11-17H2,1-2H3,(H,31,40)(H,32,36)(H,37,38)/t22-/m0/s1. The van der Waals surface area contributed by atoms with Crippen LogP contribution in [-0.4, -0.2) is 83.1 Å². The van der Waals surface area contributed by atoms with Crippen molar-refractivity contribution < 1.29 is 24.3 Å². The second kappa shape index (κ2) is 12.3. The zero-order valence-electron chi connectivity index (χ0n) is 22.4. The van der Waals surface area contributed by atoms with E-state index in [1.807, 2.05) is 35.2 Å². The van der Waals surface area contributed by atoms with Gasteiger partial charge in [-0.05, 0) is 43.0 Å². The lowest BCUT2D eigenvalue weighted by Gasteiger charge is -2.43. The zero-order chi connectivity index (χ0) is 29.0. The average Bonchev–Trinajstić information content (AvgIpc) is 3.17. The molecule has 2 aliphatic heterocycles. The second-order valence-electron chi connectivity index (χ2n) is 10.5. The molecule has 10 nitrogen and oxygen atoms in total. The first-order valence-corrected chi connectivity index (χ1v) is 13.9. The summed E-state index contributed by atoms with van der Waals surface area (Å²) in [6.45, 7) is 5.58. The van der Waals surface area contributed by atoms with Crippen LogP contribution in [0.25, 0.3) is 0 Å². The molecule has 40 heavy (non-hydrogen) atoms. The molecule has 2 aromatic rings. The predicted octanol–water partition coefficient (Wildman–Crippen LogP) is 3.68. The SMILES string of the molecule is CC(C)CN1CN(c2ccccc2)C2(CCN(C(=O)NC[C@H](NC(=O)c3c(Cl)cccc3Cl)C(=O)O)CC2)C1=O. The molecule has 0 unspecified atom stereocenters. The number of piperidine rings is 1. The normalized spacial score (nSPS) is 17.3. The molecule has 3 N–H and O–H groups in total. The molecule has 214 valence electrons. The molecule has 0 bridgehead atoms. The number of hydrogen-bond donors (Lipinski definition) is 3. The Balaban J connectivity index is 1.40. The fourth-order valence-corrected chi connectivity index (χ4v) is 5.88. The number of halogens is 2. The average molecular weight is 591 g/mol. The van der Waals surface area contributed by atoms with Crippen molar-refractivity contribution in [3.05, 3.63) is 64.1 Å². The number of hydrogen-bond acceptors (Lipinski definition) is 5. The molecule has 2 saturated heterocycles. The van der Waals surface area contributed by atoms with Crippen LogP contribution in [0, 0.1) is 5.92 Å². The van der Waals surface area contributed by atoms with E-state index in [-0.39, 0.29) is 28.1 Å². The molecule has 1 atom stereocenters. The Morgan fingerprint density at radius 3 is 2.20 bits per heavy atom. The molecule has 0 aliphatic carbocycles. The summed E-state index contributed by atoms with van der Waals surface area (Å²) >= 11 is 12.1. The highest BCUT2D eigenvalue weighted by atomic mass is 35.5. The second-order valence-corrected chi connectivity index (χ2v) is 11.3. The number of anilines is 1. The van der Waals surface area contributed by atoms with Gasteiger partial charge in [0.15, 0.2) is 0 Å². The Morgan fingerprint density at radius 1 is 1.00 bits per heavy atom. The van der Waals surface area contributed by atoms with Crippen LogP contribution in [0.5, 0.6) is 0 Å². The highest BCUT2D eigenvalue weighted by Gasteiger charge is 2.54. The number of benzene rings is 2. The molecule has 1 spiro atoms. The zero-order valence-corrected chi connectivity index (χ0v) is 23.9. The van der Waals surface area contributed by atoms with Gasteiger partial charge >= 0.3 is 12.0 Å². The minimum absolute atomic E-state index is 0.0412. The summed E-state index contributed by atoms with van der Waals surface area (Å²) in [6, 6.07) is 12.4. The summed E-state index contributed by atoms with van der Waals surface area (Å²) in [5.41, 5.74) is 0.165. The van der Waals surface area contributed by atoms with E-state index in [4.69, 9.17) is 23.2 Å². The highest BCUT2D eigenvalue weighted by Crippen LogP contribution is 2.39. The Kier molecular flexibility index (Phi) is 9.10. The van der Waals surface area contributed by atoms with Crippen LogP contribution in [0.2, 0.25) is 10.0 Å². The van der Waals surface area contributed by atoms with Gasteiger partial charge in [-0.15, -0.1) is 0 Å². The Morgan fingerprint density at radius 2 is 1.62 bits per heavy atom. The van der Waals surface area contributed by atoms with Crippen LogP contribution in [-0.2, 0) is 9.59 Å². The molecular formula is C28H33Cl2N5O5. The van der Waals surface area contributed by atoms with Crippen LogP contribution in [0.1, 0.15) is 37.0 Å². The molecular weight excluding hydrogens is 557 g/mol. The maximum Gasteiger partial charge on any atom is 0.328 e. The number of carbonyl (C=O) groups is 4. The Hall–Kier alpha value is -3.50. The van der Waals surface area contributed by atoms with Crippen molar-refractivity contribution in [3.63, 3.8) is 0 Å². The number of urea groups is 1. The molecule has 0 aromatic heterocycles. The van der Waals surface area contributed by atoms with Crippen molar-refractivity contribution in [1.82, 2.24) is 20.4 Å². The van der Waals surface area contributed by atoms with Gasteiger partial charge in [-0.1, -0.05) is 61.3 Å². The van der Waals surface area contributed by atoms with Gasteiger partial charge < -0.3 is 30.4 Å². The van der Waals surface area contributed by atoms with E-state index in [9.17, 15) is 24.3 Å². The lowest BCUT2D eigenvalue weighted by molar-refractivity contribution is -0.139. The number of carbonyl (C=O) groups excluding carboxylic acids is 3. The summed E-state index contributed by atoms with van der Waals surface area (Å²) in [5.74, 6) is -1.70. The van der Waals surface area contributed by atoms with E-state index >= 15 is 0 Å². The summed E-state index contributed by atoms with van der Waals surface area (Å²) in [6.07, 6.45) is 0.875. The first-order valence-electron chi connectivity index (χ1n) is 13.2. The topological polar surface area (TPSA) is 122 Å². The van der Waals surface area contributed by atoms with Crippen LogP contribution in [0.4, 0.5) is 10.5 Å². The lowest BCUT2D eigenvalue weighted by atomic mass is 9.85. The van der Waals surface area contributed by atoms with Gasteiger partial charge in [0.1, 0.15) is 11.6 Å². The summed E-state index contributed by atoms with van der Waals surface area (Å²) in [7, 11) is 0. The monoisotopic (exact) mass is 589 g/mol. The van der Waals surface area contributed by atoms with E-state index in [0.29, 0.717) is 45.1 Å². The molecule has 2 heterocycles. The first-order chi connectivity index (χ1) is 19.0. The largest absolute Gasteiger partial charge is 0.480 e. The van der Waals surface area contributed by atoms with Crippen molar-refractivity contribution >= 4 is 52.7 Å². The molecule has 2 aliphatic rings. The number of para-hydroxylation sites is 1. The van der Waals surface area contributed by atoms with Crippen molar-refractivity contribution in [1.29, 1.82) is 0 Å². The van der Waals surface area contributed by atoms with Crippen LogP contribution >= 0.6 is 23.2 Å². The van der Waals surface area contributed by atoms with E-state index in [0.717, 1.165) is 5.69 Å². The quantitative estimate of drug-likeness (QED) is 0.431. The number of rotatable bonds is 8. The minimum atomic E-state index is -1.41. The maximum atomic E-state index is 13.7. The first kappa shape index (κ1) is 29.5. The van der Waals surface area contributed by atoms with E-state index in [1.54, 1.807) is 11.0 Å². The van der Waals surface area contributed by atoms with Gasteiger partial charge in [0.05, 0.1) is 28.8 Å². The fraction of sp³-hybridized carbons (Fsp3) is 0.429. The number of carboxylic acids is 1. The smallest absolute Gasteiger partial charge is 0.328 e. The van der Waals surface area contributed by atoms with Crippen molar-refractivity contribution in [3.8, 4) is 0 Å². The van der Waals surface area contributed by atoms with E-state index in [1.165, 1.54) is 12.1 Å². The molecule has 0 radical (unpaired) electrons. The summed E-state index contributed by atoms with van der Waals surface area (Å²) < 4.78 is 0. The van der Waals surface area contributed by atoms with Crippen molar-refractivity contribution in [2.24, 2.45) is 5.92 Å². The molecule has 4 rings (SSSR count). The summed E-state index contributed by atoms with van der Waals surface area (Å²) in [4.78, 5) is 56.7. The number of likely N-dealkylation sites (tertiary alicyclic amines) is 1. The van der Waals surface area contributed by atoms with Gasteiger partial charge in [-0.2, -0.15) is 0 Å². The molecule has 0 saturated carbocycles. The third-order valence-corrected chi connectivity index (χ3v) is 7.93.